The van der Waals surface area contributed by atoms with E-state index in [0.29, 0.717) is 42.7 Å². The highest BCUT2D eigenvalue weighted by atomic mass is 35.5. The summed E-state index contributed by atoms with van der Waals surface area (Å²) in [6.45, 7) is 3.59. The Bertz CT molecular complexity index is 1900. The van der Waals surface area contributed by atoms with Crippen molar-refractivity contribution in [2.24, 2.45) is 4.99 Å². The zero-order valence-electron chi connectivity index (χ0n) is 24.2. The van der Waals surface area contributed by atoms with Crippen LogP contribution in [-0.2, 0) is 19.1 Å². The van der Waals surface area contributed by atoms with Gasteiger partial charge in [-0.05, 0) is 55.3 Å². The lowest BCUT2D eigenvalue weighted by atomic mass is 9.93. The van der Waals surface area contributed by atoms with Gasteiger partial charge in [0.15, 0.2) is 22.9 Å². The summed E-state index contributed by atoms with van der Waals surface area (Å²) in [4.78, 5) is 44.6. The van der Waals surface area contributed by atoms with E-state index in [1.54, 1.807) is 62.4 Å². The number of hydrogen-bond acceptors (Lipinski definition) is 9. The zero-order valence-corrected chi connectivity index (χ0v) is 25.8. The molecule has 0 fully saturated rings. The molecule has 1 atom stereocenters. The van der Waals surface area contributed by atoms with Crippen LogP contribution in [0.1, 0.15) is 36.6 Å². The van der Waals surface area contributed by atoms with Crippen LogP contribution in [0.4, 0.5) is 0 Å². The number of carbonyl (C=O) groups is 2. The van der Waals surface area contributed by atoms with Crippen LogP contribution in [0.2, 0.25) is 5.02 Å². The van der Waals surface area contributed by atoms with Crippen LogP contribution in [0, 0.1) is 0 Å². The standard InChI is InChI=1S/C33H29ClN2O7S/c1-4-41-27(37)19-43-24-16-11-20(17-25(24)40-3)18-26-31(38)36-30(22-12-14-23(34)15-13-22)28(32(39)42-5-2)29(35-33(36)44-26)21-9-7-6-8-10-21/h6-18,30H,4-5,19H2,1-3H3/b26-18-/t30-/m0/s1. The summed E-state index contributed by atoms with van der Waals surface area (Å²) in [6.07, 6.45) is 1.72. The van der Waals surface area contributed by atoms with Crippen LogP contribution in [0.5, 0.6) is 11.5 Å². The number of esters is 2. The first kappa shape index (κ1) is 30.8. The SMILES string of the molecule is CCOC(=O)COc1ccc(/C=c2\sc3n(c2=O)[C@@H](c2ccc(Cl)cc2)C(C(=O)OCC)=C(c2ccccc2)N=3)cc1OC. The molecule has 0 unspecified atom stereocenters. The smallest absolute Gasteiger partial charge is 0.344 e. The van der Waals surface area contributed by atoms with Crippen molar-refractivity contribution in [2.75, 3.05) is 26.9 Å². The van der Waals surface area contributed by atoms with E-state index in [1.165, 1.54) is 23.0 Å². The number of rotatable bonds is 10. The largest absolute Gasteiger partial charge is 0.493 e. The van der Waals surface area contributed by atoms with Crippen molar-refractivity contribution in [3.05, 3.63) is 120 Å². The zero-order chi connectivity index (χ0) is 31.2. The molecule has 11 heteroatoms. The summed E-state index contributed by atoms with van der Waals surface area (Å²) in [6, 6.07) is 20.6. The number of thiazole rings is 1. The van der Waals surface area contributed by atoms with Crippen molar-refractivity contribution < 1.29 is 28.5 Å². The molecular formula is C33H29ClN2O7S. The van der Waals surface area contributed by atoms with Crippen molar-refractivity contribution >= 4 is 46.6 Å². The molecule has 5 rings (SSSR count). The third kappa shape index (κ3) is 6.46. The lowest BCUT2D eigenvalue weighted by Gasteiger charge is -2.25. The van der Waals surface area contributed by atoms with Crippen molar-refractivity contribution in [1.82, 2.24) is 4.57 Å². The second-order valence-corrected chi connectivity index (χ2v) is 10.9. The normalized spacial score (nSPS) is 14.5. The third-order valence-corrected chi connectivity index (χ3v) is 7.93. The Morgan fingerprint density at radius 3 is 2.39 bits per heavy atom. The van der Waals surface area contributed by atoms with Gasteiger partial charge >= 0.3 is 11.9 Å². The summed E-state index contributed by atoms with van der Waals surface area (Å²) in [5, 5.41) is 0.523. The quantitative estimate of drug-likeness (QED) is 0.236. The average Bonchev–Trinajstić information content (AvgIpc) is 3.34. The number of benzene rings is 3. The molecule has 0 amide bonds. The van der Waals surface area contributed by atoms with E-state index in [0.717, 1.165) is 5.56 Å². The highest BCUT2D eigenvalue weighted by Crippen LogP contribution is 2.35. The molecule has 44 heavy (non-hydrogen) atoms. The number of carbonyl (C=O) groups excluding carboxylic acids is 2. The molecule has 9 nitrogen and oxygen atoms in total. The topological polar surface area (TPSA) is 105 Å². The highest BCUT2D eigenvalue weighted by Gasteiger charge is 2.35. The minimum atomic E-state index is -0.812. The third-order valence-electron chi connectivity index (χ3n) is 6.70. The Balaban J connectivity index is 1.67. The van der Waals surface area contributed by atoms with Gasteiger partial charge in [0.1, 0.15) is 0 Å². The van der Waals surface area contributed by atoms with Gasteiger partial charge in [0.05, 0.1) is 42.2 Å². The Morgan fingerprint density at radius 1 is 0.977 bits per heavy atom. The number of nitrogens with zero attached hydrogens (tertiary/aromatic N) is 2. The summed E-state index contributed by atoms with van der Waals surface area (Å²) >= 11 is 7.40. The van der Waals surface area contributed by atoms with Crippen LogP contribution in [0.25, 0.3) is 11.8 Å². The van der Waals surface area contributed by atoms with E-state index in [1.807, 2.05) is 30.3 Å². The fourth-order valence-corrected chi connectivity index (χ4v) is 5.91. The number of hydrogen-bond donors (Lipinski definition) is 0. The second-order valence-electron chi connectivity index (χ2n) is 9.49. The van der Waals surface area contributed by atoms with Gasteiger partial charge in [0, 0.05) is 10.6 Å². The molecule has 0 spiro atoms. The van der Waals surface area contributed by atoms with Crippen molar-refractivity contribution in [2.45, 2.75) is 19.9 Å². The van der Waals surface area contributed by atoms with Crippen molar-refractivity contribution in [3.8, 4) is 11.5 Å². The number of aromatic nitrogens is 1. The summed E-state index contributed by atoms with van der Waals surface area (Å²) in [7, 11) is 1.48. The van der Waals surface area contributed by atoms with Gasteiger partial charge in [0.25, 0.3) is 5.56 Å². The summed E-state index contributed by atoms with van der Waals surface area (Å²) < 4.78 is 23.4. The van der Waals surface area contributed by atoms with E-state index in [9.17, 15) is 14.4 Å². The summed E-state index contributed by atoms with van der Waals surface area (Å²) in [5.74, 6) is -0.321. The molecule has 0 radical (unpaired) electrons. The number of halogens is 1. The number of ether oxygens (including phenoxy) is 4. The first-order valence-electron chi connectivity index (χ1n) is 13.8. The Morgan fingerprint density at radius 2 is 1.70 bits per heavy atom. The molecule has 1 aromatic heterocycles. The molecule has 4 aromatic rings. The molecule has 0 saturated heterocycles. The maximum atomic E-state index is 14.1. The molecule has 0 saturated carbocycles. The highest BCUT2D eigenvalue weighted by molar-refractivity contribution is 7.07. The van der Waals surface area contributed by atoms with Gasteiger partial charge in [-0.2, -0.15) is 0 Å². The average molecular weight is 633 g/mol. The van der Waals surface area contributed by atoms with Crippen LogP contribution in [-0.4, -0.2) is 43.4 Å². The molecule has 0 N–H and O–H groups in total. The van der Waals surface area contributed by atoms with Crippen LogP contribution < -0.4 is 24.4 Å². The predicted molar refractivity (Wildman–Crippen MR) is 168 cm³/mol. The molecule has 3 aromatic carbocycles. The minimum absolute atomic E-state index is 0.156. The van der Waals surface area contributed by atoms with Gasteiger partial charge in [-0.3, -0.25) is 9.36 Å². The van der Waals surface area contributed by atoms with E-state index < -0.39 is 18.0 Å². The first-order chi connectivity index (χ1) is 21.3. The molecule has 2 heterocycles. The van der Waals surface area contributed by atoms with Gasteiger partial charge in [-0.15, -0.1) is 0 Å². The fourth-order valence-electron chi connectivity index (χ4n) is 4.78. The molecule has 1 aliphatic rings. The molecule has 226 valence electrons. The van der Waals surface area contributed by atoms with E-state index in [2.05, 4.69) is 0 Å². The Hall–Kier alpha value is -4.67. The lowest BCUT2D eigenvalue weighted by molar-refractivity contribution is -0.145. The predicted octanol–water partition coefficient (Wildman–Crippen LogP) is 4.54. The van der Waals surface area contributed by atoms with E-state index in [-0.39, 0.29) is 31.0 Å². The molecular weight excluding hydrogens is 604 g/mol. The molecule has 0 bridgehead atoms. The second kappa shape index (κ2) is 13.7. The van der Waals surface area contributed by atoms with Gasteiger partial charge in [-0.1, -0.05) is 71.5 Å². The fraction of sp³-hybridized carbons (Fsp3) is 0.212. The maximum Gasteiger partial charge on any atom is 0.344 e. The van der Waals surface area contributed by atoms with Crippen LogP contribution in [0.15, 0.2) is 88.2 Å². The Kier molecular flexibility index (Phi) is 9.62. The van der Waals surface area contributed by atoms with E-state index >= 15 is 0 Å². The molecule has 0 aliphatic carbocycles. The minimum Gasteiger partial charge on any atom is -0.493 e. The number of fused-ring (bicyclic) bond motifs is 1. The lowest BCUT2D eigenvalue weighted by Crippen LogP contribution is -2.40. The van der Waals surface area contributed by atoms with Crippen LogP contribution in [0.3, 0.4) is 0 Å². The van der Waals surface area contributed by atoms with Gasteiger partial charge in [0.2, 0.25) is 0 Å². The number of methoxy groups -OCH3 is 1. The van der Waals surface area contributed by atoms with Gasteiger partial charge < -0.3 is 18.9 Å². The molecule has 1 aliphatic heterocycles. The van der Waals surface area contributed by atoms with Crippen LogP contribution >= 0.6 is 22.9 Å². The van der Waals surface area contributed by atoms with Crippen molar-refractivity contribution in [1.29, 1.82) is 0 Å². The van der Waals surface area contributed by atoms with Crippen molar-refractivity contribution in [3.63, 3.8) is 0 Å². The summed E-state index contributed by atoms with van der Waals surface area (Å²) in [5.41, 5.74) is 2.41. The monoisotopic (exact) mass is 632 g/mol. The van der Waals surface area contributed by atoms with Gasteiger partial charge in [-0.25, -0.2) is 14.6 Å². The Labute approximate surface area is 262 Å². The van der Waals surface area contributed by atoms with E-state index in [4.69, 9.17) is 35.5 Å². The first-order valence-corrected chi connectivity index (χ1v) is 15.0. The maximum absolute atomic E-state index is 14.1.